The summed E-state index contributed by atoms with van der Waals surface area (Å²) in [6.07, 6.45) is 13.5. The maximum absolute atomic E-state index is 2.32. The van der Waals surface area contributed by atoms with Crippen LogP contribution in [0.3, 0.4) is 0 Å². The molecular formula is C25H32. The third kappa shape index (κ3) is 4.84. The molecule has 0 saturated heterocycles. The molecule has 0 atom stereocenters. The minimum atomic E-state index is 1.10. The molecule has 2 aromatic rings. The van der Waals surface area contributed by atoms with Crippen molar-refractivity contribution in [2.45, 2.75) is 71.1 Å². The van der Waals surface area contributed by atoms with Crippen LogP contribution in [0, 0.1) is 0 Å². The molecule has 0 N–H and O–H groups in total. The number of fused-ring (bicyclic) bond motifs is 1. The van der Waals surface area contributed by atoms with E-state index in [-0.39, 0.29) is 0 Å². The third-order valence-corrected chi connectivity index (χ3v) is 5.48. The average Bonchev–Trinajstić information content (AvgIpc) is 3.03. The van der Waals surface area contributed by atoms with Crippen molar-refractivity contribution in [2.75, 3.05) is 0 Å². The second-order valence-corrected chi connectivity index (χ2v) is 7.38. The molecule has 0 saturated carbocycles. The highest BCUT2D eigenvalue weighted by Gasteiger charge is 2.21. The van der Waals surface area contributed by atoms with Crippen molar-refractivity contribution >= 4 is 11.1 Å². The van der Waals surface area contributed by atoms with Gasteiger partial charge >= 0.3 is 0 Å². The van der Waals surface area contributed by atoms with Crippen molar-refractivity contribution in [2.24, 2.45) is 0 Å². The summed E-state index contributed by atoms with van der Waals surface area (Å²) >= 11 is 0. The molecule has 0 amide bonds. The Morgan fingerprint density at radius 3 is 2.08 bits per heavy atom. The number of rotatable bonds is 10. The van der Waals surface area contributed by atoms with E-state index in [2.05, 4.69) is 61.5 Å². The van der Waals surface area contributed by atoms with E-state index in [1.54, 1.807) is 11.1 Å². The molecule has 0 aliphatic heterocycles. The van der Waals surface area contributed by atoms with Gasteiger partial charge in [0, 0.05) is 0 Å². The summed E-state index contributed by atoms with van der Waals surface area (Å²) in [6.45, 7) is 2.29. The maximum atomic E-state index is 2.32. The molecule has 0 spiro atoms. The summed E-state index contributed by atoms with van der Waals surface area (Å²) in [5.41, 5.74) is 7.59. The molecule has 0 aromatic heterocycles. The standard InChI is InChI=1S/C25H32/c1-2-3-4-5-6-7-8-12-19-24-23-18-14-13-17-22(23)20-25(24)21-15-10-9-11-16-21/h9-11,13-18H,2-8,12,19-20H2,1H3. The van der Waals surface area contributed by atoms with Gasteiger partial charge in [0.15, 0.2) is 0 Å². The topological polar surface area (TPSA) is 0 Å². The third-order valence-electron chi connectivity index (χ3n) is 5.48. The summed E-state index contributed by atoms with van der Waals surface area (Å²) in [5, 5.41) is 0. The summed E-state index contributed by atoms with van der Waals surface area (Å²) in [7, 11) is 0. The second-order valence-electron chi connectivity index (χ2n) is 7.38. The summed E-state index contributed by atoms with van der Waals surface area (Å²) in [4.78, 5) is 0. The summed E-state index contributed by atoms with van der Waals surface area (Å²) in [6, 6.07) is 20.0. The van der Waals surface area contributed by atoms with Crippen molar-refractivity contribution in [1.82, 2.24) is 0 Å². The first-order chi connectivity index (χ1) is 12.4. The zero-order valence-corrected chi connectivity index (χ0v) is 15.8. The molecule has 2 aromatic carbocycles. The van der Waals surface area contributed by atoms with Crippen molar-refractivity contribution in [3.05, 3.63) is 71.3 Å². The van der Waals surface area contributed by atoms with E-state index in [4.69, 9.17) is 0 Å². The lowest BCUT2D eigenvalue weighted by atomic mass is 9.95. The molecule has 1 aliphatic rings. The molecule has 0 bridgehead atoms. The molecule has 0 unspecified atom stereocenters. The Labute approximate surface area is 154 Å². The lowest BCUT2D eigenvalue weighted by Crippen LogP contribution is -1.88. The predicted octanol–water partition coefficient (Wildman–Crippen LogP) is 7.68. The van der Waals surface area contributed by atoms with Crippen molar-refractivity contribution in [3.8, 4) is 0 Å². The van der Waals surface area contributed by atoms with Gasteiger partial charge in [-0.25, -0.2) is 0 Å². The molecule has 25 heavy (non-hydrogen) atoms. The SMILES string of the molecule is CCCCCCCCCCC1=C(c2ccccc2)Cc2ccccc21. The van der Waals surface area contributed by atoms with E-state index < -0.39 is 0 Å². The largest absolute Gasteiger partial charge is 0.0654 e. The average molecular weight is 333 g/mol. The Kier molecular flexibility index (Phi) is 6.91. The fraction of sp³-hybridized carbons (Fsp3) is 0.440. The van der Waals surface area contributed by atoms with E-state index in [1.807, 2.05) is 0 Å². The fourth-order valence-corrected chi connectivity index (χ4v) is 4.07. The summed E-state index contributed by atoms with van der Waals surface area (Å²) < 4.78 is 0. The molecule has 0 heterocycles. The molecule has 0 heteroatoms. The highest BCUT2D eigenvalue weighted by atomic mass is 14.3. The first-order valence-electron chi connectivity index (χ1n) is 10.3. The van der Waals surface area contributed by atoms with Gasteiger partial charge in [0.2, 0.25) is 0 Å². The monoisotopic (exact) mass is 332 g/mol. The van der Waals surface area contributed by atoms with E-state index in [1.165, 1.54) is 74.5 Å². The highest BCUT2D eigenvalue weighted by molar-refractivity contribution is 5.97. The maximum Gasteiger partial charge on any atom is -0.00108 e. The summed E-state index contributed by atoms with van der Waals surface area (Å²) in [5.74, 6) is 0. The molecular weight excluding hydrogens is 300 g/mol. The zero-order chi connectivity index (χ0) is 17.3. The molecule has 0 fully saturated rings. The van der Waals surface area contributed by atoms with Crippen LogP contribution < -0.4 is 0 Å². The lowest BCUT2D eigenvalue weighted by molar-refractivity contribution is 0.579. The molecule has 0 nitrogen and oxygen atoms in total. The number of unbranched alkanes of at least 4 members (excludes halogenated alkanes) is 7. The van der Waals surface area contributed by atoms with Gasteiger partial charge in [-0.2, -0.15) is 0 Å². The Morgan fingerprint density at radius 1 is 0.680 bits per heavy atom. The van der Waals surface area contributed by atoms with Gasteiger partial charge in [-0.15, -0.1) is 0 Å². The first kappa shape index (κ1) is 18.0. The van der Waals surface area contributed by atoms with E-state index in [9.17, 15) is 0 Å². The van der Waals surface area contributed by atoms with Crippen LogP contribution in [-0.4, -0.2) is 0 Å². The number of allylic oxidation sites excluding steroid dienone is 2. The number of benzene rings is 2. The zero-order valence-electron chi connectivity index (χ0n) is 15.8. The molecule has 0 radical (unpaired) electrons. The van der Waals surface area contributed by atoms with Crippen LogP contribution in [0.2, 0.25) is 0 Å². The van der Waals surface area contributed by atoms with Crippen LogP contribution in [0.1, 0.15) is 81.4 Å². The molecule has 132 valence electrons. The van der Waals surface area contributed by atoms with Crippen LogP contribution in [0.5, 0.6) is 0 Å². The first-order valence-corrected chi connectivity index (χ1v) is 10.3. The van der Waals surface area contributed by atoms with Crippen LogP contribution in [0.15, 0.2) is 54.6 Å². The minimum Gasteiger partial charge on any atom is -0.0654 e. The van der Waals surface area contributed by atoms with Gasteiger partial charge in [-0.3, -0.25) is 0 Å². The number of hydrogen-bond donors (Lipinski definition) is 0. The van der Waals surface area contributed by atoms with Crippen LogP contribution in [0.25, 0.3) is 11.1 Å². The van der Waals surface area contributed by atoms with Gasteiger partial charge < -0.3 is 0 Å². The smallest absolute Gasteiger partial charge is 0.00108 e. The van der Waals surface area contributed by atoms with Crippen molar-refractivity contribution < 1.29 is 0 Å². The predicted molar refractivity (Wildman–Crippen MR) is 111 cm³/mol. The van der Waals surface area contributed by atoms with E-state index in [0.29, 0.717) is 0 Å². The van der Waals surface area contributed by atoms with Gasteiger partial charge in [0.05, 0.1) is 0 Å². The highest BCUT2D eigenvalue weighted by Crippen LogP contribution is 2.40. The Hall–Kier alpha value is -1.82. The van der Waals surface area contributed by atoms with E-state index in [0.717, 1.165) is 6.42 Å². The molecule has 1 aliphatic carbocycles. The van der Waals surface area contributed by atoms with Crippen LogP contribution >= 0.6 is 0 Å². The van der Waals surface area contributed by atoms with Crippen LogP contribution in [0.4, 0.5) is 0 Å². The second kappa shape index (κ2) is 9.61. The van der Waals surface area contributed by atoms with Gasteiger partial charge in [-0.05, 0) is 47.1 Å². The normalized spacial score (nSPS) is 13.3. The lowest BCUT2D eigenvalue weighted by Gasteiger charge is -2.09. The van der Waals surface area contributed by atoms with Gasteiger partial charge in [0.25, 0.3) is 0 Å². The Morgan fingerprint density at radius 2 is 1.32 bits per heavy atom. The van der Waals surface area contributed by atoms with Crippen molar-refractivity contribution in [1.29, 1.82) is 0 Å². The van der Waals surface area contributed by atoms with Crippen LogP contribution in [-0.2, 0) is 6.42 Å². The van der Waals surface area contributed by atoms with Crippen molar-refractivity contribution in [3.63, 3.8) is 0 Å². The minimum absolute atomic E-state index is 1.10. The van der Waals surface area contributed by atoms with E-state index >= 15 is 0 Å². The quantitative estimate of drug-likeness (QED) is 0.391. The fourth-order valence-electron chi connectivity index (χ4n) is 4.07. The number of hydrogen-bond acceptors (Lipinski definition) is 0. The van der Waals surface area contributed by atoms with Gasteiger partial charge in [0.1, 0.15) is 0 Å². The Bertz CT molecular complexity index is 678. The van der Waals surface area contributed by atoms with Gasteiger partial charge in [-0.1, -0.05) is 106 Å². The molecule has 3 rings (SSSR count). The Balaban J connectivity index is 1.60.